The zero-order valence-corrected chi connectivity index (χ0v) is 14.5. The van der Waals surface area contributed by atoms with Gasteiger partial charge in [-0.05, 0) is 44.0 Å². The number of hydrogen-bond donors (Lipinski definition) is 1. The summed E-state index contributed by atoms with van der Waals surface area (Å²) in [5, 5.41) is 7.98. The van der Waals surface area contributed by atoms with Crippen molar-refractivity contribution >= 4 is 28.3 Å². The third kappa shape index (κ3) is 3.06. The predicted octanol–water partition coefficient (Wildman–Crippen LogP) is 3.28. The number of pyridine rings is 1. The molecule has 5 nitrogen and oxygen atoms in total. The van der Waals surface area contributed by atoms with Gasteiger partial charge in [0, 0.05) is 39.8 Å². The summed E-state index contributed by atoms with van der Waals surface area (Å²) in [4.78, 5) is 21.7. The summed E-state index contributed by atoms with van der Waals surface area (Å²) in [5.41, 5.74) is 1.88. The van der Waals surface area contributed by atoms with Crippen LogP contribution in [0.1, 0.15) is 34.2 Å². The smallest absolute Gasteiger partial charge is 0.227 e. The van der Waals surface area contributed by atoms with Gasteiger partial charge in [-0.3, -0.25) is 9.89 Å². The van der Waals surface area contributed by atoms with E-state index in [0.717, 1.165) is 47.5 Å². The van der Waals surface area contributed by atoms with E-state index in [9.17, 15) is 4.79 Å². The lowest BCUT2D eigenvalue weighted by Crippen LogP contribution is -2.40. The standard InChI is InChI=1S/C18H20N4OS/c1-12-4-6-15(24-12)9-17(23)22-8-2-3-14(11-22)16-7-5-13-10-19-21-18(13)20-16/h4-7,10,14H,2-3,8-9,11H2,1H3,(H,19,20,21)/t14-/m0/s1. The molecule has 124 valence electrons. The van der Waals surface area contributed by atoms with E-state index in [2.05, 4.69) is 46.4 Å². The molecule has 4 heterocycles. The van der Waals surface area contributed by atoms with Gasteiger partial charge in [0.15, 0.2) is 5.65 Å². The molecule has 1 saturated heterocycles. The number of aromatic amines is 1. The molecule has 0 saturated carbocycles. The molecule has 1 atom stereocenters. The van der Waals surface area contributed by atoms with Crippen LogP contribution >= 0.6 is 11.3 Å². The topological polar surface area (TPSA) is 61.9 Å². The third-order valence-corrected chi connectivity index (χ3v) is 5.64. The van der Waals surface area contributed by atoms with Gasteiger partial charge >= 0.3 is 0 Å². The number of amides is 1. The molecule has 6 heteroatoms. The van der Waals surface area contributed by atoms with Crippen LogP contribution in [0.25, 0.3) is 11.0 Å². The first-order valence-electron chi connectivity index (χ1n) is 8.32. The number of nitrogens with zero attached hydrogens (tertiary/aromatic N) is 3. The van der Waals surface area contributed by atoms with E-state index >= 15 is 0 Å². The van der Waals surface area contributed by atoms with Gasteiger partial charge in [-0.2, -0.15) is 5.10 Å². The highest BCUT2D eigenvalue weighted by molar-refractivity contribution is 7.12. The minimum Gasteiger partial charge on any atom is -0.342 e. The van der Waals surface area contributed by atoms with Crippen LogP contribution in [0.4, 0.5) is 0 Å². The highest BCUT2D eigenvalue weighted by atomic mass is 32.1. The average Bonchev–Trinajstić information content (AvgIpc) is 3.23. The summed E-state index contributed by atoms with van der Waals surface area (Å²) in [7, 11) is 0. The summed E-state index contributed by atoms with van der Waals surface area (Å²) in [5.74, 6) is 0.532. The Hall–Kier alpha value is -2.21. The van der Waals surface area contributed by atoms with Crippen LogP contribution in [0, 0.1) is 6.92 Å². The van der Waals surface area contributed by atoms with Gasteiger partial charge in [0.05, 0.1) is 12.6 Å². The molecular weight excluding hydrogens is 320 g/mol. The number of piperidine rings is 1. The molecule has 3 aromatic rings. The SMILES string of the molecule is Cc1ccc(CC(=O)N2CCC[C@H](c3ccc4cn[nH]c4n3)C2)s1. The number of carbonyl (C=O) groups is 1. The molecule has 0 bridgehead atoms. The van der Waals surface area contributed by atoms with Crippen molar-refractivity contribution in [3.8, 4) is 0 Å². The maximum atomic E-state index is 12.6. The number of rotatable bonds is 3. The van der Waals surface area contributed by atoms with Gasteiger partial charge in [0.25, 0.3) is 0 Å². The molecule has 1 N–H and O–H groups in total. The molecule has 24 heavy (non-hydrogen) atoms. The van der Waals surface area contributed by atoms with Gasteiger partial charge in [0.2, 0.25) is 5.91 Å². The first-order valence-corrected chi connectivity index (χ1v) is 9.14. The summed E-state index contributed by atoms with van der Waals surface area (Å²) in [6.45, 7) is 3.69. The van der Waals surface area contributed by atoms with Crippen molar-refractivity contribution in [2.24, 2.45) is 0 Å². The maximum Gasteiger partial charge on any atom is 0.227 e. The second-order valence-corrected chi connectivity index (χ2v) is 7.78. The monoisotopic (exact) mass is 340 g/mol. The highest BCUT2D eigenvalue weighted by Gasteiger charge is 2.26. The van der Waals surface area contributed by atoms with Gasteiger partial charge in [-0.1, -0.05) is 0 Å². The number of aromatic nitrogens is 3. The fourth-order valence-electron chi connectivity index (χ4n) is 3.36. The van der Waals surface area contributed by atoms with Crippen molar-refractivity contribution in [2.45, 2.75) is 32.1 Å². The number of hydrogen-bond acceptors (Lipinski definition) is 4. The molecule has 0 unspecified atom stereocenters. The number of nitrogens with one attached hydrogen (secondary N) is 1. The van der Waals surface area contributed by atoms with Crippen molar-refractivity contribution in [1.29, 1.82) is 0 Å². The average molecular weight is 340 g/mol. The minimum absolute atomic E-state index is 0.226. The quantitative estimate of drug-likeness (QED) is 0.796. The lowest BCUT2D eigenvalue weighted by Gasteiger charge is -2.32. The van der Waals surface area contributed by atoms with Crippen molar-refractivity contribution in [3.63, 3.8) is 0 Å². The van der Waals surface area contributed by atoms with Crippen LogP contribution in [0.3, 0.4) is 0 Å². The van der Waals surface area contributed by atoms with E-state index in [1.165, 1.54) is 4.88 Å². The number of fused-ring (bicyclic) bond motifs is 1. The van der Waals surface area contributed by atoms with Gasteiger partial charge < -0.3 is 4.90 Å². The first kappa shape index (κ1) is 15.3. The Morgan fingerprint density at radius 3 is 3.12 bits per heavy atom. The Balaban J connectivity index is 1.47. The van der Waals surface area contributed by atoms with Crippen molar-refractivity contribution in [3.05, 3.63) is 45.9 Å². The fraction of sp³-hybridized carbons (Fsp3) is 0.389. The molecule has 0 aliphatic carbocycles. The molecule has 1 fully saturated rings. The first-order chi connectivity index (χ1) is 11.7. The number of likely N-dealkylation sites (tertiary alicyclic amines) is 1. The molecule has 1 amide bonds. The molecule has 0 aromatic carbocycles. The van der Waals surface area contributed by atoms with E-state index in [0.29, 0.717) is 12.3 Å². The molecular formula is C18H20N4OS. The van der Waals surface area contributed by atoms with Crippen molar-refractivity contribution < 1.29 is 4.79 Å². The Bertz CT molecular complexity index is 869. The highest BCUT2D eigenvalue weighted by Crippen LogP contribution is 2.27. The van der Waals surface area contributed by atoms with Gasteiger partial charge in [-0.15, -0.1) is 11.3 Å². The van der Waals surface area contributed by atoms with Gasteiger partial charge in [-0.25, -0.2) is 4.98 Å². The lowest BCUT2D eigenvalue weighted by atomic mass is 9.94. The largest absolute Gasteiger partial charge is 0.342 e. The van der Waals surface area contributed by atoms with Crippen molar-refractivity contribution in [2.75, 3.05) is 13.1 Å². The normalized spacial score (nSPS) is 18.2. The number of H-pyrrole nitrogens is 1. The van der Waals surface area contributed by atoms with E-state index in [1.54, 1.807) is 17.5 Å². The zero-order valence-electron chi connectivity index (χ0n) is 13.7. The molecule has 3 aromatic heterocycles. The van der Waals surface area contributed by atoms with Crippen LogP contribution < -0.4 is 0 Å². The van der Waals surface area contributed by atoms with E-state index in [-0.39, 0.29) is 5.91 Å². The maximum absolute atomic E-state index is 12.6. The molecule has 1 aliphatic heterocycles. The Morgan fingerprint density at radius 2 is 2.29 bits per heavy atom. The lowest BCUT2D eigenvalue weighted by molar-refractivity contribution is -0.131. The molecule has 0 spiro atoms. The van der Waals surface area contributed by atoms with E-state index in [4.69, 9.17) is 0 Å². The predicted molar refractivity (Wildman–Crippen MR) is 95.2 cm³/mol. The van der Waals surface area contributed by atoms with Crippen molar-refractivity contribution in [1.82, 2.24) is 20.1 Å². The van der Waals surface area contributed by atoms with Gasteiger partial charge in [0.1, 0.15) is 0 Å². The second kappa shape index (κ2) is 6.36. The Kier molecular flexibility index (Phi) is 4.06. The summed E-state index contributed by atoms with van der Waals surface area (Å²) < 4.78 is 0. The Morgan fingerprint density at radius 1 is 1.38 bits per heavy atom. The van der Waals surface area contributed by atoms with Crippen LogP contribution in [0.15, 0.2) is 30.5 Å². The minimum atomic E-state index is 0.226. The van der Waals surface area contributed by atoms with E-state index in [1.807, 2.05) is 4.90 Å². The molecule has 0 radical (unpaired) electrons. The number of carbonyl (C=O) groups excluding carboxylic acids is 1. The number of aryl methyl sites for hydroxylation is 1. The van der Waals surface area contributed by atoms with Crippen LogP contribution in [0.5, 0.6) is 0 Å². The van der Waals surface area contributed by atoms with Crippen LogP contribution in [-0.4, -0.2) is 39.1 Å². The molecule has 4 rings (SSSR count). The summed E-state index contributed by atoms with van der Waals surface area (Å²) >= 11 is 1.71. The molecule has 1 aliphatic rings. The van der Waals surface area contributed by atoms with Crippen LogP contribution in [-0.2, 0) is 11.2 Å². The zero-order chi connectivity index (χ0) is 16.5. The summed E-state index contributed by atoms with van der Waals surface area (Å²) in [6.07, 6.45) is 4.40. The fourth-order valence-corrected chi connectivity index (χ4v) is 4.24. The van der Waals surface area contributed by atoms with E-state index < -0.39 is 0 Å². The third-order valence-electron chi connectivity index (χ3n) is 4.64. The Labute approximate surface area is 144 Å². The number of thiophene rings is 1. The van der Waals surface area contributed by atoms with Crippen LogP contribution in [0.2, 0.25) is 0 Å². The summed E-state index contributed by atoms with van der Waals surface area (Å²) in [6, 6.07) is 8.26. The second-order valence-electron chi connectivity index (χ2n) is 6.41.